The maximum atomic E-state index is 13.1. The van der Waals surface area contributed by atoms with Crippen molar-refractivity contribution < 1.29 is 9.59 Å². The van der Waals surface area contributed by atoms with Crippen molar-refractivity contribution in [2.45, 2.75) is 38.0 Å². The monoisotopic (exact) mass is 365 g/mol. The van der Waals surface area contributed by atoms with E-state index in [4.69, 9.17) is 11.6 Å². The van der Waals surface area contributed by atoms with E-state index in [0.29, 0.717) is 24.3 Å². The third kappa shape index (κ3) is 2.97. The Morgan fingerprint density at radius 2 is 1.62 bits per heavy atom. The van der Waals surface area contributed by atoms with Crippen LogP contribution in [0.5, 0.6) is 0 Å². The van der Waals surface area contributed by atoms with Gasteiger partial charge in [0.1, 0.15) is 0 Å². The third-order valence-electron chi connectivity index (χ3n) is 5.45. The topological polar surface area (TPSA) is 46.2 Å². The molecule has 1 amide bonds. The number of Topliss-reactive ketones (excluding diaryl/α,β-unsaturated/α-hetero) is 1. The van der Waals surface area contributed by atoms with Gasteiger partial charge in [-0.15, -0.1) is 0 Å². The zero-order chi connectivity index (χ0) is 18.3. The summed E-state index contributed by atoms with van der Waals surface area (Å²) >= 11 is 6.34. The zero-order valence-corrected chi connectivity index (χ0v) is 15.3. The quantitative estimate of drug-likeness (QED) is 0.841. The Labute approximate surface area is 158 Å². The number of amides is 1. The minimum absolute atomic E-state index is 0.00544. The lowest BCUT2D eigenvalue weighted by molar-refractivity contribution is -0.122. The average molecular weight is 366 g/mol. The number of benzene rings is 2. The van der Waals surface area contributed by atoms with Crippen LogP contribution in [0.2, 0.25) is 5.02 Å². The molecular formula is C22H20ClNO2. The van der Waals surface area contributed by atoms with Gasteiger partial charge in [-0.3, -0.25) is 9.59 Å². The SMILES string of the molecule is Cc1ccccc1[C@H]1CC(=O)NC2=C1C(=O)C[C@H](c1ccccc1Cl)C2. The van der Waals surface area contributed by atoms with Crippen LogP contribution < -0.4 is 5.32 Å². The number of nitrogens with one attached hydrogen (secondary N) is 1. The van der Waals surface area contributed by atoms with Crippen molar-refractivity contribution in [2.24, 2.45) is 0 Å². The van der Waals surface area contributed by atoms with Crippen LogP contribution in [-0.4, -0.2) is 11.7 Å². The van der Waals surface area contributed by atoms with Gasteiger partial charge >= 0.3 is 0 Å². The predicted molar refractivity (Wildman–Crippen MR) is 102 cm³/mol. The Kier molecular flexibility index (Phi) is 4.41. The van der Waals surface area contributed by atoms with Crippen LogP contribution in [0.15, 0.2) is 59.8 Å². The molecule has 1 aliphatic carbocycles. The van der Waals surface area contributed by atoms with Crippen molar-refractivity contribution in [3.8, 4) is 0 Å². The first kappa shape index (κ1) is 17.0. The van der Waals surface area contributed by atoms with Crippen LogP contribution >= 0.6 is 11.6 Å². The Bertz CT molecular complexity index is 931. The van der Waals surface area contributed by atoms with Gasteiger partial charge in [-0.25, -0.2) is 0 Å². The Morgan fingerprint density at radius 1 is 0.923 bits per heavy atom. The highest BCUT2D eigenvalue weighted by atomic mass is 35.5. The summed E-state index contributed by atoms with van der Waals surface area (Å²) in [6, 6.07) is 15.6. The molecule has 132 valence electrons. The van der Waals surface area contributed by atoms with E-state index in [0.717, 1.165) is 28.0 Å². The van der Waals surface area contributed by atoms with Crippen LogP contribution in [-0.2, 0) is 9.59 Å². The molecule has 0 radical (unpaired) electrons. The van der Waals surface area contributed by atoms with E-state index in [9.17, 15) is 9.59 Å². The van der Waals surface area contributed by atoms with E-state index in [1.807, 2.05) is 55.5 Å². The first-order chi connectivity index (χ1) is 12.5. The van der Waals surface area contributed by atoms with Crippen LogP contribution in [0.3, 0.4) is 0 Å². The summed E-state index contributed by atoms with van der Waals surface area (Å²) in [5, 5.41) is 3.64. The average Bonchev–Trinajstić information content (AvgIpc) is 2.61. The van der Waals surface area contributed by atoms with Gasteiger partial charge in [-0.2, -0.15) is 0 Å². The molecule has 4 heteroatoms. The highest BCUT2D eigenvalue weighted by Gasteiger charge is 2.38. The standard InChI is InChI=1S/C22H20ClNO2/c1-13-6-2-3-7-15(13)17-12-21(26)24-19-10-14(11-20(25)22(17)19)16-8-4-5-9-18(16)23/h2-9,14,17H,10-12H2,1H3,(H,24,26)/t14-,17-/m1/s1. The van der Waals surface area contributed by atoms with E-state index in [1.165, 1.54) is 0 Å². The summed E-state index contributed by atoms with van der Waals surface area (Å²) in [4.78, 5) is 25.4. The lowest BCUT2D eigenvalue weighted by atomic mass is 9.73. The van der Waals surface area contributed by atoms with Gasteiger partial charge < -0.3 is 5.32 Å². The highest BCUT2D eigenvalue weighted by molar-refractivity contribution is 6.31. The largest absolute Gasteiger partial charge is 0.329 e. The maximum Gasteiger partial charge on any atom is 0.225 e. The van der Waals surface area contributed by atoms with Crippen LogP contribution in [0.4, 0.5) is 0 Å². The van der Waals surface area contributed by atoms with Crippen molar-refractivity contribution in [3.63, 3.8) is 0 Å². The lowest BCUT2D eigenvalue weighted by Gasteiger charge is -2.35. The summed E-state index contributed by atoms with van der Waals surface area (Å²) in [6.07, 6.45) is 1.39. The molecule has 4 rings (SSSR count). The number of hydrogen-bond acceptors (Lipinski definition) is 2. The molecule has 0 fully saturated rings. The van der Waals surface area contributed by atoms with Crippen molar-refractivity contribution in [1.82, 2.24) is 5.32 Å². The van der Waals surface area contributed by atoms with Gasteiger partial charge in [0.2, 0.25) is 5.91 Å². The molecule has 1 aliphatic heterocycles. The van der Waals surface area contributed by atoms with Crippen LogP contribution in [0.25, 0.3) is 0 Å². The van der Waals surface area contributed by atoms with Crippen LogP contribution in [0, 0.1) is 6.92 Å². The van der Waals surface area contributed by atoms with Crippen molar-refractivity contribution in [3.05, 3.63) is 81.5 Å². The number of carbonyl (C=O) groups excluding carboxylic acids is 2. The summed E-state index contributed by atoms with van der Waals surface area (Å²) in [5.41, 5.74) is 4.71. The van der Waals surface area contributed by atoms with Crippen molar-refractivity contribution in [2.75, 3.05) is 0 Å². The summed E-state index contributed by atoms with van der Waals surface area (Å²) in [6.45, 7) is 2.03. The van der Waals surface area contributed by atoms with Gasteiger partial charge in [-0.05, 0) is 42.0 Å². The van der Waals surface area contributed by atoms with Crippen molar-refractivity contribution >= 4 is 23.3 Å². The van der Waals surface area contributed by atoms with Gasteiger partial charge in [0, 0.05) is 35.1 Å². The molecule has 2 aromatic carbocycles. The molecule has 2 atom stereocenters. The fourth-order valence-electron chi connectivity index (χ4n) is 4.23. The summed E-state index contributed by atoms with van der Waals surface area (Å²) in [5.74, 6) is -0.0560. The fourth-order valence-corrected chi connectivity index (χ4v) is 4.52. The second-order valence-electron chi connectivity index (χ2n) is 7.10. The number of hydrogen-bond donors (Lipinski definition) is 1. The fraction of sp³-hybridized carbons (Fsp3) is 0.273. The normalized spacial score (nSPS) is 22.8. The molecular weight excluding hydrogens is 346 g/mol. The van der Waals surface area contributed by atoms with E-state index in [-0.39, 0.29) is 23.5 Å². The van der Waals surface area contributed by atoms with E-state index in [2.05, 4.69) is 5.32 Å². The summed E-state index contributed by atoms with van der Waals surface area (Å²) < 4.78 is 0. The molecule has 1 heterocycles. The smallest absolute Gasteiger partial charge is 0.225 e. The van der Waals surface area contributed by atoms with Crippen molar-refractivity contribution in [1.29, 1.82) is 0 Å². The summed E-state index contributed by atoms with van der Waals surface area (Å²) in [7, 11) is 0. The second kappa shape index (κ2) is 6.73. The minimum atomic E-state index is -0.153. The zero-order valence-electron chi connectivity index (χ0n) is 14.6. The number of aryl methyl sites for hydroxylation is 1. The molecule has 0 spiro atoms. The molecule has 3 nitrogen and oxygen atoms in total. The minimum Gasteiger partial charge on any atom is -0.329 e. The maximum absolute atomic E-state index is 13.1. The second-order valence-corrected chi connectivity index (χ2v) is 7.51. The molecule has 0 saturated carbocycles. The molecule has 1 N–H and O–H groups in total. The van der Waals surface area contributed by atoms with E-state index in [1.54, 1.807) is 0 Å². The Balaban J connectivity index is 1.76. The molecule has 2 aromatic rings. The van der Waals surface area contributed by atoms with Gasteiger partial charge in [0.25, 0.3) is 0 Å². The molecule has 0 saturated heterocycles. The Hall–Kier alpha value is -2.39. The van der Waals surface area contributed by atoms with Gasteiger partial charge in [-0.1, -0.05) is 54.1 Å². The van der Waals surface area contributed by atoms with E-state index < -0.39 is 0 Å². The van der Waals surface area contributed by atoms with Gasteiger partial charge in [0.05, 0.1) is 0 Å². The first-order valence-corrected chi connectivity index (χ1v) is 9.28. The molecule has 2 aliphatic rings. The molecule has 0 unspecified atom stereocenters. The predicted octanol–water partition coefficient (Wildman–Crippen LogP) is 4.65. The number of halogens is 1. The van der Waals surface area contributed by atoms with E-state index >= 15 is 0 Å². The number of ketones is 1. The van der Waals surface area contributed by atoms with Gasteiger partial charge in [0.15, 0.2) is 5.78 Å². The lowest BCUT2D eigenvalue weighted by Crippen LogP contribution is -2.38. The highest BCUT2D eigenvalue weighted by Crippen LogP contribution is 2.44. The van der Waals surface area contributed by atoms with Crippen LogP contribution in [0.1, 0.15) is 47.8 Å². The molecule has 0 aromatic heterocycles. The number of rotatable bonds is 2. The number of carbonyl (C=O) groups is 2. The third-order valence-corrected chi connectivity index (χ3v) is 5.79. The first-order valence-electron chi connectivity index (χ1n) is 8.90. The molecule has 0 bridgehead atoms. The Morgan fingerprint density at radius 3 is 2.35 bits per heavy atom. The number of allylic oxidation sites excluding steroid dienone is 2. The molecule has 26 heavy (non-hydrogen) atoms.